The van der Waals surface area contributed by atoms with Crippen molar-refractivity contribution in [3.05, 3.63) is 59.7 Å². The summed E-state index contributed by atoms with van der Waals surface area (Å²) in [7, 11) is 3.04. The molecule has 0 unspecified atom stereocenters. The van der Waals surface area contributed by atoms with Crippen molar-refractivity contribution in [1.29, 1.82) is 0 Å². The molecule has 0 radical (unpaired) electrons. The van der Waals surface area contributed by atoms with Gasteiger partial charge in [-0.05, 0) is 6.07 Å². The Labute approximate surface area is 140 Å². The molecule has 6 nitrogen and oxygen atoms in total. The molecule has 0 saturated heterocycles. The lowest BCUT2D eigenvalue weighted by molar-refractivity contribution is -0.154. The van der Waals surface area contributed by atoms with Crippen LogP contribution in [0.25, 0.3) is 0 Å². The number of amides is 1. The molecule has 1 atom stereocenters. The van der Waals surface area contributed by atoms with Gasteiger partial charge in [0.2, 0.25) is 6.10 Å². The zero-order chi connectivity index (χ0) is 17.5. The van der Waals surface area contributed by atoms with Crippen LogP contribution in [-0.4, -0.2) is 26.1 Å². The average Bonchev–Trinajstić information content (AvgIpc) is 2.60. The number of benzene rings is 2. The molecule has 2 aromatic carbocycles. The first kappa shape index (κ1) is 17.3. The van der Waals surface area contributed by atoms with Crippen LogP contribution in [-0.2, 0) is 20.7 Å². The van der Waals surface area contributed by atoms with Gasteiger partial charge in [0, 0.05) is 17.2 Å². The van der Waals surface area contributed by atoms with Crippen LogP contribution in [0.2, 0.25) is 0 Å². The van der Waals surface area contributed by atoms with E-state index in [2.05, 4.69) is 0 Å². The number of methoxy groups -OCH3 is 2. The number of esters is 1. The maximum atomic E-state index is 12.2. The van der Waals surface area contributed by atoms with E-state index in [4.69, 9.17) is 19.9 Å². The molecule has 0 aliphatic heterocycles. The number of nitrogens with two attached hydrogens (primary N) is 1. The second kappa shape index (κ2) is 8.01. The molecular formula is C18H19NO5. The first-order valence-corrected chi connectivity index (χ1v) is 7.29. The van der Waals surface area contributed by atoms with Gasteiger partial charge in [-0.3, -0.25) is 9.59 Å². The molecule has 0 heterocycles. The summed E-state index contributed by atoms with van der Waals surface area (Å²) < 4.78 is 15.6. The molecule has 0 bridgehead atoms. The summed E-state index contributed by atoms with van der Waals surface area (Å²) >= 11 is 0. The second-order valence-electron chi connectivity index (χ2n) is 5.04. The molecular weight excluding hydrogens is 310 g/mol. The van der Waals surface area contributed by atoms with Crippen LogP contribution in [0.15, 0.2) is 48.5 Å². The third-order valence-corrected chi connectivity index (χ3v) is 3.44. The van der Waals surface area contributed by atoms with Gasteiger partial charge in [-0.25, -0.2) is 0 Å². The fourth-order valence-corrected chi connectivity index (χ4v) is 2.24. The SMILES string of the molecule is COc1ccc(CC(=O)O[C@@H](C(N)=O)c2ccccc2)c(OC)c1. The number of hydrogen-bond donors (Lipinski definition) is 1. The van der Waals surface area contributed by atoms with E-state index in [0.29, 0.717) is 22.6 Å². The van der Waals surface area contributed by atoms with Gasteiger partial charge in [0.1, 0.15) is 11.5 Å². The fourth-order valence-electron chi connectivity index (χ4n) is 2.24. The van der Waals surface area contributed by atoms with Gasteiger partial charge in [-0.15, -0.1) is 0 Å². The largest absolute Gasteiger partial charge is 0.497 e. The lowest BCUT2D eigenvalue weighted by atomic mass is 10.1. The molecule has 0 spiro atoms. The number of primary amides is 1. The number of rotatable bonds is 7. The topological polar surface area (TPSA) is 87.9 Å². The molecule has 2 aromatic rings. The third kappa shape index (κ3) is 4.25. The van der Waals surface area contributed by atoms with Gasteiger partial charge in [-0.2, -0.15) is 0 Å². The van der Waals surface area contributed by atoms with Crippen molar-refractivity contribution in [3.63, 3.8) is 0 Å². The maximum Gasteiger partial charge on any atom is 0.311 e. The summed E-state index contributed by atoms with van der Waals surface area (Å²) in [4.78, 5) is 23.8. The zero-order valence-electron chi connectivity index (χ0n) is 13.5. The summed E-state index contributed by atoms with van der Waals surface area (Å²) in [6, 6.07) is 13.7. The van der Waals surface area contributed by atoms with E-state index in [9.17, 15) is 9.59 Å². The summed E-state index contributed by atoms with van der Waals surface area (Å²) in [6.45, 7) is 0. The predicted octanol–water partition coefficient (Wildman–Crippen LogP) is 2.02. The first-order chi connectivity index (χ1) is 11.5. The molecule has 0 saturated carbocycles. The molecule has 6 heteroatoms. The Morgan fingerprint density at radius 1 is 1.04 bits per heavy atom. The molecule has 2 rings (SSSR count). The maximum absolute atomic E-state index is 12.2. The van der Waals surface area contributed by atoms with Gasteiger partial charge in [0.05, 0.1) is 20.6 Å². The lowest BCUT2D eigenvalue weighted by Gasteiger charge is -2.16. The summed E-state index contributed by atoms with van der Waals surface area (Å²) in [5.41, 5.74) is 6.50. The Morgan fingerprint density at radius 3 is 2.33 bits per heavy atom. The number of ether oxygens (including phenoxy) is 3. The Hall–Kier alpha value is -3.02. The van der Waals surface area contributed by atoms with Crippen LogP contribution in [0.5, 0.6) is 11.5 Å². The van der Waals surface area contributed by atoms with Crippen molar-refractivity contribution in [2.75, 3.05) is 14.2 Å². The minimum atomic E-state index is -1.12. The van der Waals surface area contributed by atoms with Crippen LogP contribution in [0, 0.1) is 0 Å². The Bertz CT molecular complexity index is 715. The molecule has 0 aliphatic rings. The van der Waals surface area contributed by atoms with Gasteiger partial charge < -0.3 is 19.9 Å². The van der Waals surface area contributed by atoms with Crippen LogP contribution >= 0.6 is 0 Å². The molecule has 0 fully saturated rings. The van der Waals surface area contributed by atoms with Crippen LogP contribution in [0.3, 0.4) is 0 Å². The summed E-state index contributed by atoms with van der Waals surface area (Å²) in [5.74, 6) is -0.188. The molecule has 24 heavy (non-hydrogen) atoms. The van der Waals surface area contributed by atoms with E-state index in [0.717, 1.165) is 0 Å². The monoisotopic (exact) mass is 329 g/mol. The molecule has 126 valence electrons. The highest BCUT2D eigenvalue weighted by atomic mass is 16.5. The van der Waals surface area contributed by atoms with E-state index >= 15 is 0 Å². The Balaban J connectivity index is 2.13. The average molecular weight is 329 g/mol. The van der Waals surface area contributed by atoms with Crippen LogP contribution in [0.4, 0.5) is 0 Å². The highest BCUT2D eigenvalue weighted by molar-refractivity contribution is 5.84. The predicted molar refractivity (Wildman–Crippen MR) is 87.7 cm³/mol. The summed E-state index contributed by atoms with van der Waals surface area (Å²) in [5, 5.41) is 0. The van der Waals surface area contributed by atoms with Crippen molar-refractivity contribution in [3.8, 4) is 11.5 Å². The van der Waals surface area contributed by atoms with E-state index in [-0.39, 0.29) is 6.42 Å². The van der Waals surface area contributed by atoms with Crippen LogP contribution < -0.4 is 15.2 Å². The van der Waals surface area contributed by atoms with Crippen molar-refractivity contribution in [2.45, 2.75) is 12.5 Å². The lowest BCUT2D eigenvalue weighted by Crippen LogP contribution is -2.26. The third-order valence-electron chi connectivity index (χ3n) is 3.44. The Morgan fingerprint density at radius 2 is 1.75 bits per heavy atom. The van der Waals surface area contributed by atoms with Gasteiger partial charge >= 0.3 is 5.97 Å². The van der Waals surface area contributed by atoms with E-state index in [1.54, 1.807) is 55.6 Å². The molecule has 0 aliphatic carbocycles. The van der Waals surface area contributed by atoms with E-state index in [1.165, 1.54) is 7.11 Å². The number of carbonyl (C=O) groups is 2. The van der Waals surface area contributed by atoms with Crippen molar-refractivity contribution in [2.24, 2.45) is 5.73 Å². The van der Waals surface area contributed by atoms with Crippen molar-refractivity contribution >= 4 is 11.9 Å². The van der Waals surface area contributed by atoms with Crippen molar-refractivity contribution < 1.29 is 23.8 Å². The molecule has 2 N–H and O–H groups in total. The Kier molecular flexibility index (Phi) is 5.78. The van der Waals surface area contributed by atoms with E-state index in [1.807, 2.05) is 0 Å². The number of carbonyl (C=O) groups excluding carboxylic acids is 2. The normalized spacial score (nSPS) is 11.4. The highest BCUT2D eigenvalue weighted by Crippen LogP contribution is 2.26. The standard InChI is InChI=1S/C18H19NO5/c1-22-14-9-8-13(15(11-14)23-2)10-16(20)24-17(18(19)21)12-6-4-3-5-7-12/h3-9,11,17H,10H2,1-2H3,(H2,19,21)/t17-/m1/s1. The van der Waals surface area contributed by atoms with Gasteiger partial charge in [-0.1, -0.05) is 36.4 Å². The zero-order valence-corrected chi connectivity index (χ0v) is 13.5. The quantitative estimate of drug-likeness (QED) is 0.785. The second-order valence-corrected chi connectivity index (χ2v) is 5.04. The van der Waals surface area contributed by atoms with Gasteiger partial charge in [0.25, 0.3) is 5.91 Å². The fraction of sp³-hybridized carbons (Fsp3) is 0.222. The van der Waals surface area contributed by atoms with Crippen molar-refractivity contribution in [1.82, 2.24) is 0 Å². The van der Waals surface area contributed by atoms with Gasteiger partial charge in [0.15, 0.2) is 0 Å². The molecule has 0 aromatic heterocycles. The smallest absolute Gasteiger partial charge is 0.311 e. The first-order valence-electron chi connectivity index (χ1n) is 7.29. The molecule has 1 amide bonds. The summed E-state index contributed by atoms with van der Waals surface area (Å²) in [6.07, 6.45) is -1.17. The van der Waals surface area contributed by atoms with E-state index < -0.39 is 18.0 Å². The highest BCUT2D eigenvalue weighted by Gasteiger charge is 2.23. The number of hydrogen-bond acceptors (Lipinski definition) is 5. The van der Waals surface area contributed by atoms with Crippen LogP contribution in [0.1, 0.15) is 17.2 Å². The minimum Gasteiger partial charge on any atom is -0.497 e. The minimum absolute atomic E-state index is 0.0518.